The Hall–Kier alpha value is -3.73. The first-order valence-corrected chi connectivity index (χ1v) is 10.8. The van der Waals surface area contributed by atoms with Crippen molar-refractivity contribution in [1.82, 2.24) is 9.88 Å². The number of hydrogen-bond donors (Lipinski definition) is 1. The van der Waals surface area contributed by atoms with E-state index in [2.05, 4.69) is 10.3 Å². The van der Waals surface area contributed by atoms with Crippen LogP contribution in [0.1, 0.15) is 24.8 Å². The molecule has 0 spiro atoms. The standard InChI is InChI=1S/C24H22F4N4O3/c1-15(31-12-9-24(27,28)18(14-31)16-7-10-32(34)11-8-16)23(33)30-21-6-5-17(13-29-21)35-22-19(25)3-2-4-20(22)26/h2-8,10-11,13,15,18H,9,12,14H2,1H3,(H,29,30,33). The number of carbonyl (C=O) groups is 1. The minimum Gasteiger partial charge on any atom is -0.619 e. The maximum Gasteiger partial charge on any atom is 0.257 e. The number of nitrogens with zero attached hydrogens (tertiary/aromatic N) is 3. The summed E-state index contributed by atoms with van der Waals surface area (Å²) in [7, 11) is 0. The third kappa shape index (κ3) is 5.51. The molecule has 3 heterocycles. The topological polar surface area (TPSA) is 81.4 Å². The molecule has 2 aromatic heterocycles. The number of anilines is 1. The van der Waals surface area contributed by atoms with E-state index < -0.39 is 47.6 Å². The highest BCUT2D eigenvalue weighted by Crippen LogP contribution is 2.40. The minimum absolute atomic E-state index is 0.0148. The SMILES string of the molecule is CC(C(=O)Nc1ccc(Oc2c(F)cccc2F)cn1)N1CCC(F)(F)C(c2cc[n+]([O-])cc2)C1. The average Bonchev–Trinajstić information content (AvgIpc) is 2.83. The Kier molecular flexibility index (Phi) is 6.88. The van der Waals surface area contributed by atoms with Crippen LogP contribution >= 0.6 is 0 Å². The molecule has 11 heteroatoms. The lowest BCUT2D eigenvalue weighted by Gasteiger charge is -2.40. The predicted molar refractivity (Wildman–Crippen MR) is 118 cm³/mol. The Balaban J connectivity index is 1.40. The third-order valence-electron chi connectivity index (χ3n) is 5.94. The lowest BCUT2D eigenvalue weighted by Crippen LogP contribution is -2.52. The second kappa shape index (κ2) is 9.87. The molecule has 1 N–H and O–H groups in total. The first-order chi connectivity index (χ1) is 16.6. The molecule has 0 radical (unpaired) electrons. The number of ether oxygens (including phenoxy) is 1. The van der Waals surface area contributed by atoms with Crippen molar-refractivity contribution in [3.05, 3.63) is 83.5 Å². The first kappa shape index (κ1) is 24.4. The van der Waals surface area contributed by atoms with Gasteiger partial charge in [-0.2, -0.15) is 4.73 Å². The molecule has 184 valence electrons. The number of nitrogens with one attached hydrogen (secondary N) is 1. The summed E-state index contributed by atoms with van der Waals surface area (Å²) >= 11 is 0. The molecule has 0 saturated carbocycles. The number of halogens is 4. The number of alkyl halides is 2. The lowest BCUT2D eigenvalue weighted by atomic mass is 9.87. The Morgan fingerprint density at radius 3 is 2.51 bits per heavy atom. The van der Waals surface area contributed by atoms with E-state index in [1.165, 1.54) is 48.9 Å². The Morgan fingerprint density at radius 2 is 1.89 bits per heavy atom. The highest BCUT2D eigenvalue weighted by molar-refractivity contribution is 5.93. The fraction of sp³-hybridized carbons (Fsp3) is 0.292. The molecule has 2 atom stereocenters. The van der Waals surface area contributed by atoms with Gasteiger partial charge in [0.25, 0.3) is 5.92 Å². The van der Waals surface area contributed by atoms with Crippen LogP contribution in [-0.4, -0.2) is 40.8 Å². The Bertz CT molecular complexity index is 1170. The molecule has 1 saturated heterocycles. The van der Waals surface area contributed by atoms with E-state index in [4.69, 9.17) is 4.74 Å². The number of hydrogen-bond acceptors (Lipinski definition) is 5. The van der Waals surface area contributed by atoms with Crippen LogP contribution < -0.4 is 14.8 Å². The maximum atomic E-state index is 14.6. The summed E-state index contributed by atoms with van der Waals surface area (Å²) in [6.45, 7) is 1.55. The normalized spacial score (nSPS) is 18.6. The number of carbonyl (C=O) groups excluding carboxylic acids is 1. The summed E-state index contributed by atoms with van der Waals surface area (Å²) in [5.74, 6) is -6.69. The number of likely N-dealkylation sites (tertiary alicyclic amines) is 1. The van der Waals surface area contributed by atoms with Gasteiger partial charge in [-0.15, -0.1) is 0 Å². The van der Waals surface area contributed by atoms with Crippen molar-refractivity contribution in [2.45, 2.75) is 31.2 Å². The van der Waals surface area contributed by atoms with Crippen LogP contribution in [0.3, 0.4) is 0 Å². The van der Waals surface area contributed by atoms with Crippen molar-refractivity contribution in [2.75, 3.05) is 18.4 Å². The highest BCUT2D eigenvalue weighted by Gasteiger charge is 2.46. The number of amides is 1. The molecular formula is C24H22F4N4O3. The predicted octanol–water partition coefficient (Wildman–Crippen LogP) is 4.24. The zero-order valence-corrected chi connectivity index (χ0v) is 18.6. The van der Waals surface area contributed by atoms with Gasteiger partial charge in [0, 0.05) is 31.6 Å². The first-order valence-electron chi connectivity index (χ1n) is 10.8. The molecule has 3 aromatic rings. The molecule has 1 aliphatic heterocycles. The van der Waals surface area contributed by atoms with Gasteiger partial charge in [-0.3, -0.25) is 9.69 Å². The number of benzene rings is 1. The number of pyridine rings is 2. The van der Waals surface area contributed by atoms with Gasteiger partial charge in [0.2, 0.25) is 5.91 Å². The highest BCUT2D eigenvalue weighted by atomic mass is 19.3. The monoisotopic (exact) mass is 490 g/mol. The van der Waals surface area contributed by atoms with Gasteiger partial charge in [0.15, 0.2) is 29.8 Å². The lowest BCUT2D eigenvalue weighted by molar-refractivity contribution is -0.605. The molecular weight excluding hydrogens is 468 g/mol. The summed E-state index contributed by atoms with van der Waals surface area (Å²) in [6.07, 6.45) is 3.10. The van der Waals surface area contributed by atoms with E-state index >= 15 is 0 Å². The van der Waals surface area contributed by atoms with Crippen LogP contribution in [0.25, 0.3) is 0 Å². The summed E-state index contributed by atoms with van der Waals surface area (Å²) < 4.78 is 62.4. The van der Waals surface area contributed by atoms with Crippen LogP contribution in [0.15, 0.2) is 61.1 Å². The van der Waals surface area contributed by atoms with Crippen molar-refractivity contribution in [1.29, 1.82) is 0 Å². The summed E-state index contributed by atoms with van der Waals surface area (Å²) in [5, 5.41) is 13.9. The molecule has 0 bridgehead atoms. The smallest absolute Gasteiger partial charge is 0.257 e. The molecule has 1 aromatic carbocycles. The van der Waals surface area contributed by atoms with E-state index in [1.807, 2.05) is 0 Å². The fourth-order valence-electron chi connectivity index (χ4n) is 3.89. The third-order valence-corrected chi connectivity index (χ3v) is 5.94. The molecule has 35 heavy (non-hydrogen) atoms. The molecule has 4 rings (SSSR count). The Labute approximate surface area is 198 Å². The second-order valence-electron chi connectivity index (χ2n) is 8.25. The van der Waals surface area contributed by atoms with Gasteiger partial charge in [-0.1, -0.05) is 6.07 Å². The zero-order valence-electron chi connectivity index (χ0n) is 18.6. The average molecular weight is 490 g/mol. The van der Waals surface area contributed by atoms with Crippen LogP contribution in [-0.2, 0) is 4.79 Å². The number of aromatic nitrogens is 2. The van der Waals surface area contributed by atoms with E-state index in [0.29, 0.717) is 10.3 Å². The van der Waals surface area contributed by atoms with Crippen molar-refractivity contribution < 1.29 is 31.8 Å². The van der Waals surface area contributed by atoms with E-state index in [-0.39, 0.29) is 24.7 Å². The van der Waals surface area contributed by atoms with Crippen molar-refractivity contribution in [2.24, 2.45) is 0 Å². The van der Waals surface area contributed by atoms with Crippen molar-refractivity contribution >= 4 is 11.7 Å². The van der Waals surface area contributed by atoms with Crippen LogP contribution in [0.5, 0.6) is 11.5 Å². The molecule has 0 aliphatic carbocycles. The van der Waals surface area contributed by atoms with Gasteiger partial charge in [0.1, 0.15) is 11.6 Å². The largest absolute Gasteiger partial charge is 0.619 e. The molecule has 1 amide bonds. The Morgan fingerprint density at radius 1 is 1.20 bits per heavy atom. The van der Waals surface area contributed by atoms with Crippen LogP contribution in [0.2, 0.25) is 0 Å². The van der Waals surface area contributed by atoms with Crippen LogP contribution in [0, 0.1) is 16.8 Å². The summed E-state index contributed by atoms with van der Waals surface area (Å²) in [6, 6.07) is 8.08. The van der Waals surface area contributed by atoms with E-state index in [0.717, 1.165) is 12.1 Å². The van der Waals surface area contributed by atoms with Crippen LogP contribution in [0.4, 0.5) is 23.4 Å². The summed E-state index contributed by atoms with van der Waals surface area (Å²) in [5.41, 5.74) is 0.322. The van der Waals surface area contributed by atoms with Gasteiger partial charge in [-0.05, 0) is 36.8 Å². The maximum absolute atomic E-state index is 14.6. The fourth-order valence-corrected chi connectivity index (χ4v) is 3.89. The molecule has 1 fully saturated rings. The number of para-hydroxylation sites is 1. The molecule has 2 unspecified atom stereocenters. The van der Waals surface area contributed by atoms with Gasteiger partial charge < -0.3 is 15.3 Å². The van der Waals surface area contributed by atoms with Gasteiger partial charge in [0.05, 0.1) is 18.2 Å². The van der Waals surface area contributed by atoms with Crippen molar-refractivity contribution in [3.63, 3.8) is 0 Å². The van der Waals surface area contributed by atoms with E-state index in [9.17, 15) is 27.6 Å². The van der Waals surface area contributed by atoms with E-state index in [1.54, 1.807) is 11.8 Å². The second-order valence-corrected chi connectivity index (χ2v) is 8.25. The van der Waals surface area contributed by atoms with Gasteiger partial charge >= 0.3 is 0 Å². The van der Waals surface area contributed by atoms with Gasteiger partial charge in [-0.25, -0.2) is 22.5 Å². The quantitative estimate of drug-likeness (QED) is 0.318. The number of rotatable bonds is 6. The van der Waals surface area contributed by atoms with Crippen molar-refractivity contribution in [3.8, 4) is 11.5 Å². The molecule has 7 nitrogen and oxygen atoms in total. The molecule has 1 aliphatic rings. The number of piperidine rings is 1. The summed E-state index contributed by atoms with van der Waals surface area (Å²) in [4.78, 5) is 18.4. The zero-order chi connectivity index (χ0) is 25.2. The minimum atomic E-state index is -2.98.